The van der Waals surface area contributed by atoms with Crippen LogP contribution < -0.4 is 0 Å². The molecule has 0 N–H and O–H groups in total. The van der Waals surface area contributed by atoms with Gasteiger partial charge in [0.05, 0.1) is 19.3 Å². The summed E-state index contributed by atoms with van der Waals surface area (Å²) in [4.78, 5) is 0. The highest BCUT2D eigenvalue weighted by atomic mass is 16.6. The molecule has 93 valence electrons. The van der Waals surface area contributed by atoms with Gasteiger partial charge in [0.1, 0.15) is 6.10 Å². The summed E-state index contributed by atoms with van der Waals surface area (Å²) < 4.78 is 11.0. The molecule has 0 aromatic rings. The molecule has 0 aliphatic carbocycles. The molecule has 2 aliphatic heterocycles. The van der Waals surface area contributed by atoms with Crippen molar-refractivity contribution in [1.29, 1.82) is 0 Å². The van der Waals surface area contributed by atoms with Crippen molar-refractivity contribution in [2.45, 2.75) is 63.8 Å². The van der Waals surface area contributed by atoms with Crippen LogP contribution in [0.25, 0.3) is 0 Å². The van der Waals surface area contributed by atoms with E-state index in [0.717, 1.165) is 19.4 Å². The van der Waals surface area contributed by atoms with Crippen LogP contribution in [0.5, 0.6) is 0 Å². The van der Waals surface area contributed by atoms with Gasteiger partial charge < -0.3 is 9.47 Å². The molecule has 2 heterocycles. The SMILES string of the molecule is CC1(C)CC(OCC2CO2)CC(C)(C)N1[O]. The average molecular weight is 228 g/mol. The van der Waals surface area contributed by atoms with Gasteiger partial charge >= 0.3 is 0 Å². The second kappa shape index (κ2) is 3.95. The number of ether oxygens (including phenoxy) is 2. The smallest absolute Gasteiger partial charge is 0.104 e. The fourth-order valence-electron chi connectivity index (χ4n) is 2.70. The first-order valence-electron chi connectivity index (χ1n) is 6.02. The Labute approximate surface area is 97.5 Å². The summed E-state index contributed by atoms with van der Waals surface area (Å²) in [5, 5.41) is 13.3. The minimum atomic E-state index is -0.336. The van der Waals surface area contributed by atoms with Crippen LogP contribution in [0, 0.1) is 0 Å². The summed E-state index contributed by atoms with van der Waals surface area (Å²) in [6, 6.07) is 0. The van der Waals surface area contributed by atoms with Crippen molar-refractivity contribution in [2.24, 2.45) is 0 Å². The molecular weight excluding hydrogens is 206 g/mol. The maximum atomic E-state index is 12.1. The van der Waals surface area contributed by atoms with E-state index in [1.54, 1.807) is 0 Å². The summed E-state index contributed by atoms with van der Waals surface area (Å²) in [6.45, 7) is 9.47. The number of rotatable bonds is 3. The first kappa shape index (κ1) is 12.3. The largest absolute Gasteiger partial charge is 0.375 e. The maximum absolute atomic E-state index is 12.1. The van der Waals surface area contributed by atoms with Crippen molar-refractivity contribution in [3.63, 3.8) is 0 Å². The highest BCUT2D eigenvalue weighted by Gasteiger charge is 2.46. The second-order valence-electron chi connectivity index (χ2n) is 6.24. The fourth-order valence-corrected chi connectivity index (χ4v) is 2.70. The van der Waals surface area contributed by atoms with E-state index >= 15 is 0 Å². The summed E-state index contributed by atoms with van der Waals surface area (Å²) >= 11 is 0. The molecule has 0 saturated carbocycles. The third kappa shape index (κ3) is 2.56. The Morgan fingerprint density at radius 2 is 1.75 bits per heavy atom. The van der Waals surface area contributed by atoms with Crippen LogP contribution in [-0.2, 0) is 14.7 Å². The van der Waals surface area contributed by atoms with Crippen molar-refractivity contribution in [3.05, 3.63) is 0 Å². The van der Waals surface area contributed by atoms with E-state index in [0.29, 0.717) is 12.7 Å². The number of hydrogen-bond acceptors (Lipinski definition) is 3. The quantitative estimate of drug-likeness (QED) is 0.691. The van der Waals surface area contributed by atoms with Crippen molar-refractivity contribution >= 4 is 0 Å². The molecule has 0 spiro atoms. The molecule has 0 aromatic heterocycles. The highest BCUT2D eigenvalue weighted by molar-refractivity contribution is 4.96. The van der Waals surface area contributed by atoms with E-state index < -0.39 is 0 Å². The molecule has 2 rings (SSSR count). The molecule has 2 aliphatic rings. The van der Waals surface area contributed by atoms with E-state index in [1.807, 2.05) is 27.7 Å². The molecule has 1 radical (unpaired) electrons. The Kier molecular flexibility index (Phi) is 3.03. The van der Waals surface area contributed by atoms with Gasteiger partial charge in [-0.05, 0) is 40.5 Å². The Hall–Kier alpha value is -0.160. The van der Waals surface area contributed by atoms with Crippen molar-refractivity contribution in [1.82, 2.24) is 5.06 Å². The Morgan fingerprint density at radius 1 is 1.25 bits per heavy atom. The summed E-state index contributed by atoms with van der Waals surface area (Å²) in [7, 11) is 0. The third-order valence-electron chi connectivity index (χ3n) is 3.47. The van der Waals surface area contributed by atoms with Gasteiger partial charge in [0.25, 0.3) is 0 Å². The molecule has 4 heteroatoms. The zero-order chi connectivity index (χ0) is 12.0. The van der Waals surface area contributed by atoms with Crippen molar-refractivity contribution in [2.75, 3.05) is 13.2 Å². The Morgan fingerprint density at radius 3 is 2.19 bits per heavy atom. The molecule has 1 atom stereocenters. The van der Waals surface area contributed by atoms with Gasteiger partial charge in [-0.3, -0.25) is 0 Å². The number of hydroxylamine groups is 2. The van der Waals surface area contributed by atoms with Gasteiger partial charge in [-0.15, -0.1) is 10.3 Å². The van der Waals surface area contributed by atoms with Crippen LogP contribution in [-0.4, -0.2) is 41.6 Å². The van der Waals surface area contributed by atoms with Crippen LogP contribution in [0.3, 0.4) is 0 Å². The van der Waals surface area contributed by atoms with Crippen LogP contribution in [0.2, 0.25) is 0 Å². The van der Waals surface area contributed by atoms with Gasteiger partial charge in [-0.2, -0.15) is 0 Å². The minimum Gasteiger partial charge on any atom is -0.375 e. The highest BCUT2D eigenvalue weighted by Crippen LogP contribution is 2.38. The first-order valence-corrected chi connectivity index (χ1v) is 6.02. The fraction of sp³-hybridized carbons (Fsp3) is 1.00. The van der Waals surface area contributed by atoms with Crippen LogP contribution in [0.4, 0.5) is 0 Å². The third-order valence-corrected chi connectivity index (χ3v) is 3.47. The predicted octanol–water partition coefficient (Wildman–Crippen LogP) is 1.77. The van der Waals surface area contributed by atoms with Gasteiger partial charge in [-0.1, -0.05) is 0 Å². The lowest BCUT2D eigenvalue weighted by atomic mass is 9.80. The molecule has 0 bridgehead atoms. The summed E-state index contributed by atoms with van der Waals surface area (Å²) in [5.74, 6) is 0. The lowest BCUT2D eigenvalue weighted by molar-refractivity contribution is -0.301. The monoisotopic (exact) mass is 228 g/mol. The lowest BCUT2D eigenvalue weighted by Gasteiger charge is -2.49. The van der Waals surface area contributed by atoms with E-state index in [2.05, 4.69) is 0 Å². The van der Waals surface area contributed by atoms with Gasteiger partial charge in [0.15, 0.2) is 0 Å². The Balaban J connectivity index is 1.94. The van der Waals surface area contributed by atoms with Gasteiger partial charge in [-0.25, -0.2) is 0 Å². The standard InChI is InChI=1S/C12H22NO3/c1-11(2)5-9(15-7-10-8-16-10)6-12(3,4)13(11)14/h9-10H,5-8H2,1-4H3. The lowest BCUT2D eigenvalue weighted by Crippen LogP contribution is -2.60. The number of nitrogens with zero attached hydrogens (tertiary/aromatic N) is 1. The summed E-state index contributed by atoms with van der Waals surface area (Å²) in [6.07, 6.45) is 2.08. The second-order valence-corrected chi connectivity index (χ2v) is 6.24. The predicted molar refractivity (Wildman–Crippen MR) is 59.4 cm³/mol. The van der Waals surface area contributed by atoms with Crippen molar-refractivity contribution < 1.29 is 14.7 Å². The van der Waals surface area contributed by atoms with E-state index in [-0.39, 0.29) is 17.2 Å². The minimum absolute atomic E-state index is 0.180. The van der Waals surface area contributed by atoms with Crippen LogP contribution in [0.15, 0.2) is 0 Å². The van der Waals surface area contributed by atoms with E-state index in [9.17, 15) is 5.21 Å². The molecular formula is C12H22NO3. The summed E-state index contributed by atoms with van der Waals surface area (Å²) in [5.41, 5.74) is -0.673. The first-order chi connectivity index (χ1) is 7.31. The zero-order valence-corrected chi connectivity index (χ0v) is 10.7. The molecule has 2 fully saturated rings. The van der Waals surface area contributed by atoms with E-state index in [4.69, 9.17) is 9.47 Å². The molecule has 16 heavy (non-hydrogen) atoms. The zero-order valence-electron chi connectivity index (χ0n) is 10.7. The normalized spacial score (nSPS) is 33.9. The maximum Gasteiger partial charge on any atom is 0.104 e. The van der Waals surface area contributed by atoms with E-state index in [1.165, 1.54) is 5.06 Å². The molecule has 0 aromatic carbocycles. The number of epoxide rings is 1. The number of piperidine rings is 1. The van der Waals surface area contributed by atoms with Gasteiger partial charge in [0.2, 0.25) is 0 Å². The van der Waals surface area contributed by atoms with Gasteiger partial charge in [0, 0.05) is 11.1 Å². The van der Waals surface area contributed by atoms with Crippen LogP contribution in [0.1, 0.15) is 40.5 Å². The number of hydrogen-bond donors (Lipinski definition) is 0. The average Bonchev–Trinajstić information content (AvgIpc) is 2.93. The molecule has 4 nitrogen and oxygen atoms in total. The molecule has 2 saturated heterocycles. The Bertz CT molecular complexity index is 243. The molecule has 1 unspecified atom stereocenters. The van der Waals surface area contributed by atoms with Crippen molar-refractivity contribution in [3.8, 4) is 0 Å². The van der Waals surface area contributed by atoms with Crippen LogP contribution >= 0.6 is 0 Å². The topological polar surface area (TPSA) is 44.9 Å². The molecule has 0 amide bonds.